The molecule has 0 radical (unpaired) electrons. The standard InChI is InChI=1S/C9H8N6O/c10-2-6-7(3-11)14-9(13-6)15-4-5(12)1-8(15)16/h5H,1,4,12H2,(H,13,14). The van der Waals surface area contributed by atoms with Crippen molar-refractivity contribution in [3.63, 3.8) is 0 Å². The third-order valence-corrected chi connectivity index (χ3v) is 2.32. The SMILES string of the molecule is N#Cc1nc(N2CC(N)CC2=O)[nH]c1C#N. The van der Waals surface area contributed by atoms with Crippen molar-refractivity contribution in [2.75, 3.05) is 11.4 Å². The van der Waals surface area contributed by atoms with Crippen LogP contribution >= 0.6 is 0 Å². The van der Waals surface area contributed by atoms with Crippen molar-refractivity contribution in [1.29, 1.82) is 10.5 Å². The van der Waals surface area contributed by atoms with E-state index in [0.717, 1.165) is 0 Å². The van der Waals surface area contributed by atoms with Crippen LogP contribution in [0.15, 0.2) is 0 Å². The largest absolute Gasteiger partial charge is 0.326 e. The Labute approximate surface area is 91.1 Å². The number of hydrogen-bond acceptors (Lipinski definition) is 5. The van der Waals surface area contributed by atoms with Crippen molar-refractivity contribution >= 4 is 11.9 Å². The Morgan fingerprint density at radius 3 is 2.69 bits per heavy atom. The lowest BCUT2D eigenvalue weighted by Gasteiger charge is -2.11. The van der Waals surface area contributed by atoms with Gasteiger partial charge < -0.3 is 10.7 Å². The number of rotatable bonds is 1. The number of H-pyrrole nitrogens is 1. The summed E-state index contributed by atoms with van der Waals surface area (Å²) in [5.74, 6) is 0.0567. The monoisotopic (exact) mass is 216 g/mol. The minimum Gasteiger partial charge on any atom is -0.326 e. The van der Waals surface area contributed by atoms with Crippen molar-refractivity contribution in [1.82, 2.24) is 9.97 Å². The van der Waals surface area contributed by atoms with Crippen LogP contribution in [0.4, 0.5) is 5.95 Å². The zero-order valence-corrected chi connectivity index (χ0v) is 8.27. The van der Waals surface area contributed by atoms with Crippen molar-refractivity contribution < 1.29 is 4.79 Å². The molecule has 0 bridgehead atoms. The second kappa shape index (κ2) is 3.65. The van der Waals surface area contributed by atoms with Gasteiger partial charge in [-0.25, -0.2) is 4.98 Å². The number of nitrogens with two attached hydrogens (primary N) is 1. The number of hydrogen-bond donors (Lipinski definition) is 2. The molecule has 7 heteroatoms. The highest BCUT2D eigenvalue weighted by atomic mass is 16.2. The fourth-order valence-electron chi connectivity index (χ4n) is 1.59. The first-order valence-corrected chi connectivity index (χ1v) is 4.62. The molecule has 2 heterocycles. The Hall–Kier alpha value is -2.38. The molecule has 1 amide bonds. The van der Waals surface area contributed by atoms with E-state index in [-0.39, 0.29) is 35.7 Å². The fraction of sp³-hybridized carbons (Fsp3) is 0.333. The molecule has 2 rings (SSSR count). The highest BCUT2D eigenvalue weighted by Gasteiger charge is 2.30. The van der Waals surface area contributed by atoms with Gasteiger partial charge in [-0.05, 0) is 0 Å². The highest BCUT2D eigenvalue weighted by Crippen LogP contribution is 2.19. The first-order chi connectivity index (χ1) is 7.65. The Kier molecular flexibility index (Phi) is 2.31. The van der Waals surface area contributed by atoms with Crippen molar-refractivity contribution in [3.05, 3.63) is 11.4 Å². The quantitative estimate of drug-likeness (QED) is 0.637. The summed E-state index contributed by atoms with van der Waals surface area (Å²) in [6, 6.07) is 3.36. The predicted octanol–water partition coefficient (Wildman–Crippen LogP) is -0.783. The topological polar surface area (TPSA) is 123 Å². The summed E-state index contributed by atoms with van der Waals surface area (Å²) in [7, 11) is 0. The first kappa shape index (κ1) is 10.1. The lowest BCUT2D eigenvalue weighted by atomic mass is 10.3. The average molecular weight is 216 g/mol. The van der Waals surface area contributed by atoms with Gasteiger partial charge >= 0.3 is 0 Å². The third kappa shape index (κ3) is 1.49. The van der Waals surface area contributed by atoms with Crippen LogP contribution in [0, 0.1) is 22.7 Å². The summed E-state index contributed by atoms with van der Waals surface area (Å²) in [5, 5.41) is 17.4. The van der Waals surface area contributed by atoms with Crippen LogP contribution in [-0.2, 0) is 4.79 Å². The van der Waals surface area contributed by atoms with E-state index >= 15 is 0 Å². The van der Waals surface area contributed by atoms with E-state index in [9.17, 15) is 4.79 Å². The molecule has 1 unspecified atom stereocenters. The molecule has 1 aromatic heterocycles. The Bertz CT molecular complexity index is 488. The molecular weight excluding hydrogens is 208 g/mol. The number of nitriles is 2. The number of aromatic amines is 1. The number of nitrogens with one attached hydrogen (secondary N) is 1. The second-order valence-corrected chi connectivity index (χ2v) is 3.48. The first-order valence-electron chi connectivity index (χ1n) is 4.62. The fourth-order valence-corrected chi connectivity index (χ4v) is 1.59. The molecule has 7 nitrogen and oxygen atoms in total. The van der Waals surface area contributed by atoms with Crippen LogP contribution in [0.25, 0.3) is 0 Å². The van der Waals surface area contributed by atoms with Gasteiger partial charge in [-0.1, -0.05) is 0 Å². The Morgan fingerprint density at radius 2 is 2.25 bits per heavy atom. The van der Waals surface area contributed by atoms with E-state index in [1.807, 2.05) is 0 Å². The molecule has 16 heavy (non-hydrogen) atoms. The van der Waals surface area contributed by atoms with Gasteiger partial charge in [0.1, 0.15) is 12.1 Å². The smallest absolute Gasteiger partial charge is 0.230 e. The van der Waals surface area contributed by atoms with Gasteiger partial charge in [0.25, 0.3) is 0 Å². The summed E-state index contributed by atoms with van der Waals surface area (Å²) < 4.78 is 0. The molecule has 3 N–H and O–H groups in total. The molecule has 1 aromatic rings. The number of anilines is 1. The molecule has 0 aromatic carbocycles. The van der Waals surface area contributed by atoms with E-state index in [0.29, 0.717) is 6.54 Å². The summed E-state index contributed by atoms with van der Waals surface area (Å²) in [5.41, 5.74) is 5.68. The van der Waals surface area contributed by atoms with Crippen LogP contribution in [0.2, 0.25) is 0 Å². The summed E-state index contributed by atoms with van der Waals surface area (Å²) in [6.45, 7) is 0.349. The molecule has 1 saturated heterocycles. The van der Waals surface area contributed by atoms with Crippen LogP contribution in [0.3, 0.4) is 0 Å². The van der Waals surface area contributed by atoms with Gasteiger partial charge in [0, 0.05) is 19.0 Å². The number of nitrogens with zero attached hydrogens (tertiary/aromatic N) is 4. The zero-order chi connectivity index (χ0) is 11.7. The summed E-state index contributed by atoms with van der Waals surface area (Å²) >= 11 is 0. The van der Waals surface area contributed by atoms with E-state index in [1.54, 1.807) is 12.1 Å². The van der Waals surface area contributed by atoms with Gasteiger partial charge in [-0.2, -0.15) is 10.5 Å². The summed E-state index contributed by atoms with van der Waals surface area (Å²) in [6.07, 6.45) is 0.254. The summed E-state index contributed by atoms with van der Waals surface area (Å²) in [4.78, 5) is 19.4. The van der Waals surface area contributed by atoms with Crippen LogP contribution in [-0.4, -0.2) is 28.5 Å². The van der Waals surface area contributed by atoms with Crippen molar-refractivity contribution in [3.8, 4) is 12.1 Å². The number of carbonyl (C=O) groups is 1. The van der Waals surface area contributed by atoms with Crippen molar-refractivity contribution in [2.45, 2.75) is 12.5 Å². The van der Waals surface area contributed by atoms with Gasteiger partial charge in [0.05, 0.1) is 0 Å². The average Bonchev–Trinajstić information content (AvgIpc) is 2.81. The number of carbonyl (C=O) groups excluding carboxylic acids is 1. The van der Waals surface area contributed by atoms with E-state index in [1.165, 1.54) is 4.90 Å². The van der Waals surface area contributed by atoms with Crippen molar-refractivity contribution in [2.24, 2.45) is 5.73 Å². The number of aromatic nitrogens is 2. The molecule has 0 spiro atoms. The van der Waals surface area contributed by atoms with Crippen LogP contribution in [0.1, 0.15) is 17.8 Å². The maximum absolute atomic E-state index is 11.5. The van der Waals surface area contributed by atoms with Gasteiger partial charge in [-0.3, -0.25) is 9.69 Å². The van der Waals surface area contributed by atoms with Gasteiger partial charge in [-0.15, -0.1) is 0 Å². The molecule has 0 aliphatic carbocycles. The van der Waals surface area contributed by atoms with Gasteiger partial charge in [0.2, 0.25) is 11.9 Å². The predicted molar refractivity (Wildman–Crippen MR) is 53.0 cm³/mol. The lowest BCUT2D eigenvalue weighted by Crippen LogP contribution is -2.28. The normalized spacial score (nSPS) is 19.6. The molecule has 1 aliphatic rings. The molecular formula is C9H8N6O. The van der Waals surface area contributed by atoms with E-state index in [2.05, 4.69) is 9.97 Å². The lowest BCUT2D eigenvalue weighted by molar-refractivity contribution is -0.117. The molecule has 1 aliphatic heterocycles. The molecule has 1 atom stereocenters. The minimum absolute atomic E-state index is 0.00854. The third-order valence-electron chi connectivity index (χ3n) is 2.32. The van der Waals surface area contributed by atoms with Crippen LogP contribution < -0.4 is 10.6 Å². The highest BCUT2D eigenvalue weighted by molar-refractivity contribution is 5.94. The molecule has 80 valence electrons. The Balaban J connectivity index is 2.36. The maximum atomic E-state index is 11.5. The van der Waals surface area contributed by atoms with Crippen LogP contribution in [0.5, 0.6) is 0 Å². The van der Waals surface area contributed by atoms with Gasteiger partial charge in [0.15, 0.2) is 11.4 Å². The maximum Gasteiger partial charge on any atom is 0.230 e. The molecule has 0 saturated carbocycles. The minimum atomic E-state index is -0.228. The molecule has 1 fully saturated rings. The number of amides is 1. The van der Waals surface area contributed by atoms with E-state index < -0.39 is 0 Å². The Morgan fingerprint density at radius 1 is 1.50 bits per heavy atom. The van der Waals surface area contributed by atoms with E-state index in [4.69, 9.17) is 16.3 Å². The zero-order valence-electron chi connectivity index (χ0n) is 8.27. The second-order valence-electron chi connectivity index (χ2n) is 3.48. The number of imidazole rings is 1.